The first-order valence-corrected chi connectivity index (χ1v) is 8.02. The monoisotopic (exact) mass is 453 g/mol. The third-order valence-corrected chi connectivity index (χ3v) is 5.28. The van der Waals surface area contributed by atoms with Crippen LogP contribution in [0.25, 0.3) is 0 Å². The fraction of sp³-hybridized carbons (Fsp3) is 1.00. The van der Waals surface area contributed by atoms with E-state index in [2.05, 4.69) is 20.8 Å². The standard InChI is InChI=1S/C17H30F6O.Y/c1-12(2,3)14(6,7)11-13(4,5)9-8-10-15(24,16(18,19)20)17(21,22)23;/h24H,8-11H2,1-7H3;. The van der Waals surface area contributed by atoms with Gasteiger partial charge in [-0.05, 0) is 41.9 Å². The van der Waals surface area contributed by atoms with Crippen molar-refractivity contribution < 1.29 is 64.2 Å². The Morgan fingerprint density at radius 3 is 1.32 bits per heavy atom. The second-order valence-corrected chi connectivity index (χ2v) is 9.18. The topological polar surface area (TPSA) is 20.2 Å². The maximum Gasteiger partial charge on any atom is 0.426 e. The molecule has 0 aliphatic heterocycles. The van der Waals surface area contributed by atoms with Gasteiger partial charge in [0.1, 0.15) is 0 Å². The molecule has 0 aromatic rings. The molecule has 1 nitrogen and oxygen atoms in total. The van der Waals surface area contributed by atoms with Crippen molar-refractivity contribution in [2.75, 3.05) is 0 Å². The number of hydrogen-bond donors (Lipinski definition) is 1. The first kappa shape index (κ1) is 27.9. The van der Waals surface area contributed by atoms with Crippen molar-refractivity contribution in [2.45, 2.75) is 92.1 Å². The fourth-order valence-electron chi connectivity index (χ4n) is 2.82. The van der Waals surface area contributed by atoms with Crippen molar-refractivity contribution in [3.8, 4) is 0 Å². The zero-order valence-corrected chi connectivity index (χ0v) is 19.0. The van der Waals surface area contributed by atoms with Gasteiger partial charge in [-0.25, -0.2) is 0 Å². The summed E-state index contributed by atoms with van der Waals surface area (Å²) in [5.74, 6) is 0. The van der Waals surface area contributed by atoms with Crippen molar-refractivity contribution in [1.82, 2.24) is 0 Å². The predicted molar refractivity (Wildman–Crippen MR) is 82.5 cm³/mol. The van der Waals surface area contributed by atoms with Gasteiger partial charge in [0.15, 0.2) is 0 Å². The minimum absolute atomic E-state index is 0. The van der Waals surface area contributed by atoms with Gasteiger partial charge in [0.25, 0.3) is 5.60 Å². The van der Waals surface area contributed by atoms with Gasteiger partial charge in [-0.2, -0.15) is 26.3 Å². The summed E-state index contributed by atoms with van der Waals surface area (Å²) in [7, 11) is 0. The summed E-state index contributed by atoms with van der Waals surface area (Å²) in [6, 6.07) is 0. The van der Waals surface area contributed by atoms with Crippen LogP contribution in [0.5, 0.6) is 0 Å². The molecule has 0 saturated heterocycles. The van der Waals surface area contributed by atoms with E-state index in [0.29, 0.717) is 6.42 Å². The Bertz CT molecular complexity index is 404. The quantitative estimate of drug-likeness (QED) is 0.456. The molecule has 0 fully saturated rings. The summed E-state index contributed by atoms with van der Waals surface area (Å²) in [5.41, 5.74) is -5.27. The van der Waals surface area contributed by atoms with E-state index in [9.17, 15) is 31.4 Å². The molecule has 0 atom stereocenters. The van der Waals surface area contributed by atoms with Gasteiger partial charge in [-0.15, -0.1) is 0 Å². The third-order valence-electron chi connectivity index (χ3n) is 5.28. The van der Waals surface area contributed by atoms with Crippen molar-refractivity contribution in [2.24, 2.45) is 16.2 Å². The van der Waals surface area contributed by atoms with Crippen LogP contribution >= 0.6 is 0 Å². The summed E-state index contributed by atoms with van der Waals surface area (Å²) in [5, 5.41) is 9.19. The van der Waals surface area contributed by atoms with E-state index in [0.717, 1.165) is 0 Å². The smallest absolute Gasteiger partial charge is 0.374 e. The zero-order chi connectivity index (χ0) is 19.8. The molecule has 8 heteroatoms. The average molecular weight is 453 g/mol. The van der Waals surface area contributed by atoms with Gasteiger partial charge in [0, 0.05) is 32.7 Å². The molecule has 0 aromatic heterocycles. The van der Waals surface area contributed by atoms with E-state index in [4.69, 9.17) is 0 Å². The van der Waals surface area contributed by atoms with Crippen molar-refractivity contribution in [3.63, 3.8) is 0 Å². The summed E-state index contributed by atoms with van der Waals surface area (Å²) >= 11 is 0. The molecule has 0 aliphatic carbocycles. The van der Waals surface area contributed by atoms with E-state index >= 15 is 0 Å². The Balaban J connectivity index is 0. The minimum Gasteiger partial charge on any atom is -0.374 e. The summed E-state index contributed by atoms with van der Waals surface area (Å²) in [4.78, 5) is 0. The Hall–Kier alpha value is 0.644. The minimum atomic E-state index is -5.74. The van der Waals surface area contributed by atoms with E-state index in [-0.39, 0.29) is 56.4 Å². The summed E-state index contributed by atoms with van der Waals surface area (Å²) in [6.45, 7) is 13.9. The molecule has 0 amide bonds. The van der Waals surface area contributed by atoms with Crippen LogP contribution in [0.1, 0.15) is 74.1 Å². The van der Waals surface area contributed by atoms with E-state index < -0.39 is 29.8 Å². The van der Waals surface area contributed by atoms with Crippen LogP contribution in [0.3, 0.4) is 0 Å². The molecule has 0 aliphatic rings. The van der Waals surface area contributed by atoms with E-state index in [1.54, 1.807) is 0 Å². The Kier molecular flexibility index (Phi) is 9.29. The van der Waals surface area contributed by atoms with Gasteiger partial charge in [0.05, 0.1) is 0 Å². The van der Waals surface area contributed by atoms with Gasteiger partial charge in [-0.1, -0.05) is 48.5 Å². The van der Waals surface area contributed by atoms with Gasteiger partial charge >= 0.3 is 12.4 Å². The predicted octanol–water partition coefficient (Wildman–Crippen LogP) is 6.50. The number of rotatable bonds is 6. The van der Waals surface area contributed by atoms with Crippen molar-refractivity contribution in [1.29, 1.82) is 0 Å². The van der Waals surface area contributed by atoms with Crippen LogP contribution in [0.4, 0.5) is 26.3 Å². The van der Waals surface area contributed by atoms with Crippen LogP contribution in [0, 0.1) is 16.2 Å². The molecule has 149 valence electrons. The van der Waals surface area contributed by atoms with Crippen LogP contribution in [-0.2, 0) is 32.7 Å². The second kappa shape index (κ2) is 8.34. The maximum atomic E-state index is 12.7. The normalized spacial score (nSPS) is 15.1. The van der Waals surface area contributed by atoms with Gasteiger partial charge < -0.3 is 5.11 Å². The molecule has 1 radical (unpaired) electrons. The van der Waals surface area contributed by atoms with E-state index in [1.165, 1.54) is 0 Å². The number of halogens is 6. The van der Waals surface area contributed by atoms with Gasteiger partial charge in [0.2, 0.25) is 0 Å². The Labute approximate surface area is 172 Å². The molecule has 0 heterocycles. The van der Waals surface area contributed by atoms with Crippen molar-refractivity contribution in [3.05, 3.63) is 0 Å². The molecular weight excluding hydrogens is 423 g/mol. The average Bonchev–Trinajstić information content (AvgIpc) is 2.21. The summed E-state index contributed by atoms with van der Waals surface area (Å²) < 4.78 is 76.1. The molecule has 1 N–H and O–H groups in total. The first-order valence-electron chi connectivity index (χ1n) is 8.02. The largest absolute Gasteiger partial charge is 0.426 e. The SMILES string of the molecule is CC(C)(CCCC(O)(C(F)(F)F)C(F)(F)F)CC(C)(C)C(C)(C)C.[Y]. The fourth-order valence-corrected chi connectivity index (χ4v) is 2.82. The van der Waals surface area contributed by atoms with Crippen LogP contribution in [0.2, 0.25) is 0 Å². The Morgan fingerprint density at radius 1 is 0.680 bits per heavy atom. The molecule has 0 spiro atoms. The molecule has 25 heavy (non-hydrogen) atoms. The summed E-state index contributed by atoms with van der Waals surface area (Å²) in [6.07, 6.45) is -12.4. The van der Waals surface area contributed by atoms with Crippen molar-refractivity contribution >= 4 is 0 Å². The number of hydrogen-bond acceptors (Lipinski definition) is 1. The van der Waals surface area contributed by atoms with E-state index in [1.807, 2.05) is 27.7 Å². The molecular formula is C17H30F6OY. The van der Waals surface area contributed by atoms with Crippen LogP contribution in [-0.4, -0.2) is 23.1 Å². The number of aliphatic hydroxyl groups is 1. The maximum absolute atomic E-state index is 12.7. The molecule has 0 saturated carbocycles. The van der Waals surface area contributed by atoms with Gasteiger partial charge in [-0.3, -0.25) is 0 Å². The second-order valence-electron chi connectivity index (χ2n) is 9.18. The Morgan fingerprint density at radius 2 is 1.04 bits per heavy atom. The number of alkyl halides is 6. The molecule has 0 rings (SSSR count). The first-order chi connectivity index (χ1) is 10.2. The molecule has 0 unspecified atom stereocenters. The van der Waals surface area contributed by atoms with Crippen LogP contribution in [0.15, 0.2) is 0 Å². The molecule has 0 bridgehead atoms. The zero-order valence-electron chi connectivity index (χ0n) is 16.1. The van der Waals surface area contributed by atoms with Crippen LogP contribution < -0.4 is 0 Å². The molecule has 0 aromatic carbocycles. The third kappa shape index (κ3) is 7.29.